The number of rotatable bonds is 7. The Labute approximate surface area is 171 Å². The average Bonchev–Trinajstić information content (AvgIpc) is 2.74. The highest BCUT2D eigenvalue weighted by molar-refractivity contribution is 7.99. The Morgan fingerprint density at radius 2 is 1.89 bits per heavy atom. The molecule has 0 amide bonds. The summed E-state index contributed by atoms with van der Waals surface area (Å²) in [5.41, 5.74) is 0.884. The lowest BCUT2D eigenvalue weighted by Gasteiger charge is -2.38. The lowest BCUT2D eigenvalue weighted by molar-refractivity contribution is 0.0513. The molecule has 0 atom stereocenters. The second kappa shape index (κ2) is 10.5. The van der Waals surface area contributed by atoms with Gasteiger partial charge in [-0.1, -0.05) is 30.3 Å². The van der Waals surface area contributed by atoms with Crippen LogP contribution in [0.2, 0.25) is 0 Å². The van der Waals surface area contributed by atoms with Crippen molar-refractivity contribution in [1.82, 2.24) is 10.6 Å². The van der Waals surface area contributed by atoms with E-state index in [0.29, 0.717) is 19.8 Å². The van der Waals surface area contributed by atoms with Gasteiger partial charge < -0.3 is 15.4 Å². The number of aliphatic imine (C=N–C) groups is 1. The second-order valence-corrected chi connectivity index (χ2v) is 8.09. The summed E-state index contributed by atoms with van der Waals surface area (Å²) in [6.07, 6.45) is 1.73. The van der Waals surface area contributed by atoms with Gasteiger partial charge in [-0.05, 0) is 42.7 Å². The third-order valence-corrected chi connectivity index (χ3v) is 6.12. The molecule has 0 aliphatic carbocycles. The average molecular weight is 402 g/mol. The van der Waals surface area contributed by atoms with Gasteiger partial charge in [0.25, 0.3) is 0 Å². The van der Waals surface area contributed by atoms with Gasteiger partial charge in [-0.25, -0.2) is 4.39 Å². The van der Waals surface area contributed by atoms with Crippen molar-refractivity contribution in [2.45, 2.75) is 23.2 Å². The summed E-state index contributed by atoms with van der Waals surface area (Å²) in [4.78, 5) is 5.60. The Morgan fingerprint density at radius 3 is 2.61 bits per heavy atom. The summed E-state index contributed by atoms with van der Waals surface area (Å²) in [7, 11) is 1.78. The Bertz CT molecular complexity index is 763. The molecule has 0 aromatic heterocycles. The smallest absolute Gasteiger partial charge is 0.191 e. The van der Waals surface area contributed by atoms with Crippen molar-refractivity contribution >= 4 is 17.7 Å². The summed E-state index contributed by atoms with van der Waals surface area (Å²) in [6, 6.07) is 17.3. The molecule has 150 valence electrons. The summed E-state index contributed by atoms with van der Waals surface area (Å²) in [5, 5.41) is 6.82. The van der Waals surface area contributed by atoms with E-state index in [1.807, 2.05) is 23.9 Å². The van der Waals surface area contributed by atoms with Gasteiger partial charge in [0.2, 0.25) is 0 Å². The van der Waals surface area contributed by atoms with E-state index in [-0.39, 0.29) is 11.2 Å². The highest BCUT2D eigenvalue weighted by Crippen LogP contribution is 2.34. The first-order valence-corrected chi connectivity index (χ1v) is 10.7. The molecule has 1 aliphatic heterocycles. The first kappa shape index (κ1) is 20.7. The molecule has 1 heterocycles. The van der Waals surface area contributed by atoms with E-state index in [2.05, 4.69) is 39.9 Å². The highest BCUT2D eigenvalue weighted by atomic mass is 32.2. The first-order chi connectivity index (χ1) is 13.7. The topological polar surface area (TPSA) is 45.7 Å². The molecule has 1 fully saturated rings. The molecule has 0 radical (unpaired) electrons. The number of halogens is 1. The van der Waals surface area contributed by atoms with E-state index in [4.69, 9.17) is 4.74 Å². The van der Waals surface area contributed by atoms with Crippen molar-refractivity contribution in [2.24, 2.45) is 4.99 Å². The molecule has 28 heavy (non-hydrogen) atoms. The Hall–Kier alpha value is -2.05. The van der Waals surface area contributed by atoms with Gasteiger partial charge in [0.1, 0.15) is 5.82 Å². The predicted molar refractivity (Wildman–Crippen MR) is 115 cm³/mol. The quantitative estimate of drug-likeness (QED) is 0.320. The van der Waals surface area contributed by atoms with Crippen LogP contribution in [0.3, 0.4) is 0 Å². The largest absolute Gasteiger partial charge is 0.381 e. The van der Waals surface area contributed by atoms with Crippen molar-refractivity contribution in [2.75, 3.05) is 39.1 Å². The van der Waals surface area contributed by atoms with Gasteiger partial charge in [-0.2, -0.15) is 0 Å². The van der Waals surface area contributed by atoms with Gasteiger partial charge >= 0.3 is 0 Å². The maximum atomic E-state index is 13.8. The van der Waals surface area contributed by atoms with Gasteiger partial charge in [0.05, 0.1) is 0 Å². The van der Waals surface area contributed by atoms with Gasteiger partial charge in [-0.15, -0.1) is 11.8 Å². The van der Waals surface area contributed by atoms with Crippen molar-refractivity contribution in [1.29, 1.82) is 0 Å². The molecule has 2 aromatic rings. The molecular weight excluding hydrogens is 373 g/mol. The number of nitrogens with one attached hydrogen (secondary N) is 2. The van der Waals surface area contributed by atoms with Crippen LogP contribution in [0.4, 0.5) is 4.39 Å². The second-order valence-electron chi connectivity index (χ2n) is 6.92. The number of benzene rings is 2. The van der Waals surface area contributed by atoms with E-state index in [9.17, 15) is 4.39 Å². The van der Waals surface area contributed by atoms with Crippen LogP contribution in [0.1, 0.15) is 18.4 Å². The van der Waals surface area contributed by atoms with Crippen LogP contribution in [0.5, 0.6) is 0 Å². The Kier molecular flexibility index (Phi) is 7.74. The van der Waals surface area contributed by atoms with E-state index in [1.54, 1.807) is 19.2 Å². The molecule has 6 heteroatoms. The molecule has 1 saturated heterocycles. The van der Waals surface area contributed by atoms with Crippen molar-refractivity contribution in [3.63, 3.8) is 0 Å². The van der Waals surface area contributed by atoms with E-state index >= 15 is 0 Å². The van der Waals surface area contributed by atoms with Gasteiger partial charge in [0, 0.05) is 49.4 Å². The Balaban J connectivity index is 1.54. The number of guanidine groups is 1. The molecule has 0 bridgehead atoms. The zero-order chi connectivity index (χ0) is 19.7. The zero-order valence-electron chi connectivity index (χ0n) is 16.3. The molecule has 0 spiro atoms. The minimum absolute atomic E-state index is 0.142. The predicted octanol–water partition coefficient (Wildman–Crippen LogP) is 3.83. The highest BCUT2D eigenvalue weighted by Gasteiger charge is 2.34. The molecule has 4 nitrogen and oxygen atoms in total. The van der Waals surface area contributed by atoms with Crippen LogP contribution in [0.15, 0.2) is 64.5 Å². The molecule has 3 rings (SSSR count). The maximum Gasteiger partial charge on any atom is 0.191 e. The first-order valence-electron chi connectivity index (χ1n) is 9.68. The third-order valence-electron chi connectivity index (χ3n) is 5.11. The van der Waals surface area contributed by atoms with Crippen LogP contribution in [0, 0.1) is 5.82 Å². The van der Waals surface area contributed by atoms with E-state index in [1.165, 1.54) is 11.0 Å². The number of thioether (sulfide) groups is 1. The van der Waals surface area contributed by atoms with Crippen LogP contribution in [-0.2, 0) is 10.2 Å². The maximum absolute atomic E-state index is 13.8. The monoisotopic (exact) mass is 401 g/mol. The summed E-state index contributed by atoms with van der Waals surface area (Å²) >= 11 is 1.81. The minimum Gasteiger partial charge on any atom is -0.381 e. The zero-order valence-corrected chi connectivity index (χ0v) is 17.1. The van der Waals surface area contributed by atoms with Gasteiger partial charge in [0.15, 0.2) is 5.96 Å². The summed E-state index contributed by atoms with van der Waals surface area (Å²) in [6.45, 7) is 2.90. The molecule has 2 N–H and O–H groups in total. The number of ether oxygens (including phenoxy) is 1. The SMILES string of the molecule is CN=C(NCCSc1ccccc1)NCC1(c2cccc(F)c2)CCOCC1. The summed E-state index contributed by atoms with van der Waals surface area (Å²) < 4.78 is 19.4. The number of hydrogen-bond donors (Lipinski definition) is 2. The standard InChI is InChI=1S/C22H28FN3OS/c1-24-21(25-12-15-28-20-8-3-2-4-9-20)26-17-22(10-13-27-14-11-22)18-6-5-7-19(23)16-18/h2-9,16H,10-15,17H2,1H3,(H2,24,25,26). The molecular formula is C22H28FN3OS. The van der Waals surface area contributed by atoms with Crippen LogP contribution >= 0.6 is 11.8 Å². The fourth-order valence-corrected chi connectivity index (χ4v) is 4.27. The number of hydrogen-bond acceptors (Lipinski definition) is 3. The van der Waals surface area contributed by atoms with Gasteiger partial charge in [-0.3, -0.25) is 4.99 Å². The third kappa shape index (κ3) is 5.72. The fraction of sp³-hybridized carbons (Fsp3) is 0.409. The fourth-order valence-electron chi connectivity index (χ4n) is 3.48. The molecule has 0 saturated carbocycles. The van der Waals surface area contributed by atoms with E-state index < -0.39 is 0 Å². The molecule has 0 unspecified atom stereocenters. The van der Waals surface area contributed by atoms with E-state index in [0.717, 1.165) is 36.7 Å². The number of nitrogens with zero attached hydrogens (tertiary/aromatic N) is 1. The summed E-state index contributed by atoms with van der Waals surface area (Å²) in [5.74, 6) is 1.54. The molecule has 1 aliphatic rings. The lowest BCUT2D eigenvalue weighted by Crippen LogP contribution is -2.48. The minimum atomic E-state index is -0.191. The Morgan fingerprint density at radius 1 is 1.11 bits per heavy atom. The van der Waals surface area contributed by atoms with Crippen LogP contribution in [0.25, 0.3) is 0 Å². The van der Waals surface area contributed by atoms with Crippen molar-refractivity contribution in [3.8, 4) is 0 Å². The molecule has 2 aromatic carbocycles. The lowest BCUT2D eigenvalue weighted by atomic mass is 9.74. The van der Waals surface area contributed by atoms with Crippen LogP contribution in [-0.4, -0.2) is 45.1 Å². The normalized spacial score (nSPS) is 16.6. The van der Waals surface area contributed by atoms with Crippen LogP contribution < -0.4 is 10.6 Å². The van der Waals surface area contributed by atoms with Crippen molar-refractivity contribution < 1.29 is 9.13 Å². The van der Waals surface area contributed by atoms with Crippen molar-refractivity contribution in [3.05, 3.63) is 66.0 Å².